The van der Waals surface area contributed by atoms with Crippen LogP contribution in [0.5, 0.6) is 0 Å². The molecule has 0 unspecified atom stereocenters. The van der Waals surface area contributed by atoms with Crippen LogP contribution in [0.2, 0.25) is 0 Å². The molecule has 2 aromatic heterocycles. The van der Waals surface area contributed by atoms with Crippen LogP contribution in [0.3, 0.4) is 0 Å². The average molecular weight is 460 g/mol. The molecule has 2 aliphatic rings. The van der Waals surface area contributed by atoms with Gasteiger partial charge in [0.1, 0.15) is 0 Å². The van der Waals surface area contributed by atoms with E-state index in [0.717, 1.165) is 49.7 Å². The summed E-state index contributed by atoms with van der Waals surface area (Å²) < 4.78 is 5.42. The third kappa shape index (κ3) is 4.85. The molecule has 0 aliphatic carbocycles. The third-order valence-electron chi connectivity index (χ3n) is 6.16. The number of hydrogen-bond acceptors (Lipinski definition) is 7. The molecule has 0 saturated carbocycles. The lowest BCUT2D eigenvalue weighted by Gasteiger charge is -2.41. The number of carbonyl (C=O) groups excluding carboxylic acids is 1. The van der Waals surface area contributed by atoms with Crippen LogP contribution in [0.25, 0.3) is 11.3 Å². The van der Waals surface area contributed by atoms with Crippen molar-refractivity contribution < 1.29 is 9.53 Å². The molecule has 4 heterocycles. The maximum atomic E-state index is 12.4. The maximum absolute atomic E-state index is 12.4. The van der Waals surface area contributed by atoms with Crippen molar-refractivity contribution in [3.05, 3.63) is 60.2 Å². The first-order chi connectivity index (χ1) is 16.5. The van der Waals surface area contributed by atoms with Gasteiger partial charge in [-0.2, -0.15) is 0 Å². The second-order valence-electron chi connectivity index (χ2n) is 9.26. The van der Waals surface area contributed by atoms with Crippen LogP contribution in [0.4, 0.5) is 22.0 Å². The molecule has 1 fully saturated rings. The highest BCUT2D eigenvalue weighted by molar-refractivity contribution is 5.99. The van der Waals surface area contributed by atoms with Crippen LogP contribution >= 0.6 is 0 Å². The summed E-state index contributed by atoms with van der Waals surface area (Å²) in [6, 6.07) is 9.70. The average Bonchev–Trinajstić information content (AvgIpc) is 3.21. The molecule has 1 saturated heterocycles. The van der Waals surface area contributed by atoms with Gasteiger partial charge in [0.25, 0.3) is 0 Å². The molecule has 34 heavy (non-hydrogen) atoms. The van der Waals surface area contributed by atoms with Gasteiger partial charge in [-0.05, 0) is 43.3 Å². The Bertz CT molecular complexity index is 1180. The number of rotatable bonds is 7. The minimum absolute atomic E-state index is 0.247. The number of amides is 2. The first kappa shape index (κ1) is 22.2. The summed E-state index contributed by atoms with van der Waals surface area (Å²) in [5, 5.41) is 8.57. The molecule has 9 heteroatoms. The topological polar surface area (TPSA) is 104 Å². The monoisotopic (exact) mass is 459 g/mol. The van der Waals surface area contributed by atoms with Gasteiger partial charge in [0, 0.05) is 36.3 Å². The maximum Gasteiger partial charge on any atom is 0.324 e. The number of hydrogen-bond donors (Lipinski definition) is 3. The van der Waals surface area contributed by atoms with Gasteiger partial charge in [-0.1, -0.05) is 13.0 Å². The zero-order valence-corrected chi connectivity index (χ0v) is 19.5. The van der Waals surface area contributed by atoms with Crippen LogP contribution < -0.4 is 20.9 Å². The summed E-state index contributed by atoms with van der Waals surface area (Å²) in [6.45, 7) is 6.65. The van der Waals surface area contributed by atoms with Gasteiger partial charge >= 0.3 is 6.03 Å². The fourth-order valence-corrected chi connectivity index (χ4v) is 4.42. The number of aromatic nitrogens is 3. The lowest BCUT2D eigenvalue weighted by molar-refractivity contribution is -0.0954. The highest BCUT2D eigenvalue weighted by Gasteiger charge is 2.36. The minimum Gasteiger partial charge on any atom is -0.380 e. The van der Waals surface area contributed by atoms with E-state index in [2.05, 4.69) is 60.9 Å². The lowest BCUT2D eigenvalue weighted by Crippen LogP contribution is -2.48. The molecule has 0 spiro atoms. The SMILES string of the molecule is CNCc1ccc(NC(=O)Nc2cncc(-c3ccc4c(c3)CCN4CC3(C)COC3)n2)cn1. The van der Waals surface area contributed by atoms with Gasteiger partial charge in [0.15, 0.2) is 5.82 Å². The van der Waals surface area contributed by atoms with E-state index in [-0.39, 0.29) is 5.41 Å². The molecule has 9 nitrogen and oxygen atoms in total. The van der Waals surface area contributed by atoms with E-state index in [0.29, 0.717) is 18.1 Å². The molecule has 3 aromatic rings. The van der Waals surface area contributed by atoms with E-state index in [1.54, 1.807) is 12.4 Å². The van der Waals surface area contributed by atoms with Crippen LogP contribution in [0, 0.1) is 5.41 Å². The Hall–Kier alpha value is -3.56. The van der Waals surface area contributed by atoms with Gasteiger partial charge in [0.05, 0.1) is 48.9 Å². The fourth-order valence-electron chi connectivity index (χ4n) is 4.42. The fraction of sp³-hybridized carbons (Fsp3) is 0.360. The quantitative estimate of drug-likeness (QED) is 0.498. The van der Waals surface area contributed by atoms with E-state index in [9.17, 15) is 4.79 Å². The number of nitrogens with one attached hydrogen (secondary N) is 3. The van der Waals surface area contributed by atoms with Gasteiger partial charge in [-0.15, -0.1) is 0 Å². The van der Waals surface area contributed by atoms with Crippen LogP contribution in [0.1, 0.15) is 18.2 Å². The van der Waals surface area contributed by atoms with Crippen molar-refractivity contribution >= 4 is 23.2 Å². The summed E-state index contributed by atoms with van der Waals surface area (Å²) in [5.74, 6) is 0.384. The highest BCUT2D eigenvalue weighted by atomic mass is 16.5. The summed E-state index contributed by atoms with van der Waals surface area (Å²) >= 11 is 0. The predicted octanol–water partition coefficient (Wildman–Crippen LogP) is 3.30. The molecule has 1 aromatic carbocycles. The normalized spacial score (nSPS) is 16.0. The largest absolute Gasteiger partial charge is 0.380 e. The number of pyridine rings is 1. The van der Waals surface area contributed by atoms with Gasteiger partial charge in [0.2, 0.25) is 0 Å². The summed E-state index contributed by atoms with van der Waals surface area (Å²) in [5.41, 5.74) is 6.05. The van der Waals surface area contributed by atoms with E-state index in [4.69, 9.17) is 4.74 Å². The highest BCUT2D eigenvalue weighted by Crippen LogP contribution is 2.36. The van der Waals surface area contributed by atoms with Crippen molar-refractivity contribution in [2.75, 3.05) is 48.9 Å². The van der Waals surface area contributed by atoms with Crippen LogP contribution in [-0.4, -0.2) is 54.3 Å². The molecule has 3 N–H and O–H groups in total. The standard InChI is InChI=1S/C25H29N7O2/c1-25(15-34-16-25)14-32-8-7-18-9-17(3-6-22(18)32)21-12-27-13-23(30-21)31-24(33)29-20-5-4-19(10-26-2)28-11-20/h3-6,9,11-13,26H,7-8,10,14-16H2,1-2H3,(H2,29,30,31,33). The molecule has 0 radical (unpaired) electrons. The van der Waals surface area contributed by atoms with Crippen molar-refractivity contribution in [1.82, 2.24) is 20.3 Å². The minimum atomic E-state index is -0.396. The first-order valence-corrected chi connectivity index (χ1v) is 11.5. The van der Waals surface area contributed by atoms with E-state index in [1.807, 2.05) is 19.2 Å². The number of ether oxygens (including phenoxy) is 1. The van der Waals surface area contributed by atoms with E-state index in [1.165, 1.54) is 17.4 Å². The van der Waals surface area contributed by atoms with Gasteiger partial charge < -0.3 is 20.3 Å². The molecule has 5 rings (SSSR count). The molecule has 0 bridgehead atoms. The van der Waals surface area contributed by atoms with Gasteiger partial charge in [-0.3, -0.25) is 15.3 Å². The summed E-state index contributed by atoms with van der Waals surface area (Å²) in [7, 11) is 1.86. The van der Waals surface area contributed by atoms with Crippen molar-refractivity contribution in [2.24, 2.45) is 5.41 Å². The Morgan fingerprint density at radius 2 is 2.03 bits per heavy atom. The molecule has 176 valence electrons. The number of carbonyl (C=O) groups is 1. The number of urea groups is 1. The van der Waals surface area contributed by atoms with Crippen molar-refractivity contribution in [2.45, 2.75) is 19.9 Å². The number of nitrogens with zero attached hydrogens (tertiary/aromatic N) is 4. The second-order valence-corrected chi connectivity index (χ2v) is 9.26. The van der Waals surface area contributed by atoms with Crippen LogP contribution in [0.15, 0.2) is 48.9 Å². The smallest absolute Gasteiger partial charge is 0.324 e. The van der Waals surface area contributed by atoms with E-state index >= 15 is 0 Å². The molecular weight excluding hydrogens is 430 g/mol. The third-order valence-corrected chi connectivity index (χ3v) is 6.16. The number of fused-ring (bicyclic) bond motifs is 1. The zero-order chi connectivity index (χ0) is 23.5. The Labute approximate surface area is 199 Å². The summed E-state index contributed by atoms with van der Waals surface area (Å²) in [4.78, 5) is 28.1. The second kappa shape index (κ2) is 9.36. The molecule has 2 aliphatic heterocycles. The lowest BCUT2D eigenvalue weighted by atomic mass is 9.88. The van der Waals surface area contributed by atoms with Crippen molar-refractivity contribution in [1.29, 1.82) is 0 Å². The Kier molecular flexibility index (Phi) is 6.12. The number of benzene rings is 1. The Balaban J connectivity index is 1.24. The first-order valence-electron chi connectivity index (χ1n) is 11.5. The van der Waals surface area contributed by atoms with Crippen molar-refractivity contribution in [3.63, 3.8) is 0 Å². The Morgan fingerprint density at radius 3 is 2.76 bits per heavy atom. The Morgan fingerprint density at radius 1 is 1.15 bits per heavy atom. The molecule has 0 atom stereocenters. The van der Waals surface area contributed by atoms with E-state index < -0.39 is 6.03 Å². The summed E-state index contributed by atoms with van der Waals surface area (Å²) in [6.07, 6.45) is 5.89. The van der Waals surface area contributed by atoms with Crippen LogP contribution in [-0.2, 0) is 17.7 Å². The molecular formula is C25H29N7O2. The van der Waals surface area contributed by atoms with Crippen molar-refractivity contribution in [3.8, 4) is 11.3 Å². The van der Waals surface area contributed by atoms with Gasteiger partial charge in [-0.25, -0.2) is 9.78 Å². The predicted molar refractivity (Wildman–Crippen MR) is 132 cm³/mol. The molecule has 2 amide bonds. The number of anilines is 3. The zero-order valence-electron chi connectivity index (χ0n) is 19.5.